The Kier molecular flexibility index (Phi) is 6.61. The van der Waals surface area contributed by atoms with Gasteiger partial charge in [-0.05, 0) is 36.3 Å². The number of carbonyl (C=O) groups excluding carboxylic acids is 1. The van der Waals surface area contributed by atoms with E-state index >= 15 is 0 Å². The molecule has 1 saturated carbocycles. The van der Waals surface area contributed by atoms with Crippen LogP contribution in [0.2, 0.25) is 0 Å². The summed E-state index contributed by atoms with van der Waals surface area (Å²) in [5.41, 5.74) is 7.35. The standard InChI is InChI=1S/C23H32N4O3/c1-5-12-27-21(24)20(22(29)25(4)23(27)30)19(28)14-26(18-10-11-18)13-16-6-8-17(9-7-16)15(2)3/h6-9,15,18H,5,10-14,24H2,1-4H3. The lowest BCUT2D eigenvalue weighted by molar-refractivity contribution is 0.0917. The van der Waals surface area contributed by atoms with Crippen molar-refractivity contribution in [2.24, 2.45) is 7.05 Å². The summed E-state index contributed by atoms with van der Waals surface area (Å²) < 4.78 is 2.30. The Hall–Kier alpha value is -2.67. The maximum atomic E-state index is 13.1. The normalized spacial score (nSPS) is 13.9. The molecule has 1 aromatic heterocycles. The van der Waals surface area contributed by atoms with Gasteiger partial charge in [-0.3, -0.25) is 23.6 Å². The van der Waals surface area contributed by atoms with Crippen LogP contribution in [0.1, 0.15) is 67.4 Å². The summed E-state index contributed by atoms with van der Waals surface area (Å²) in [6.07, 6.45) is 2.76. The molecule has 0 amide bonds. The highest BCUT2D eigenvalue weighted by Gasteiger charge is 2.32. The van der Waals surface area contributed by atoms with Crippen molar-refractivity contribution < 1.29 is 4.79 Å². The number of Topliss-reactive ketones (excluding diaryl/α,β-unsaturated/α-hetero) is 1. The number of hydrogen-bond donors (Lipinski definition) is 1. The van der Waals surface area contributed by atoms with Crippen LogP contribution in [0.3, 0.4) is 0 Å². The lowest BCUT2D eigenvalue weighted by Crippen LogP contribution is -2.44. The van der Waals surface area contributed by atoms with E-state index in [1.807, 2.05) is 6.92 Å². The number of hydrogen-bond acceptors (Lipinski definition) is 5. The van der Waals surface area contributed by atoms with Crippen LogP contribution in [-0.4, -0.2) is 32.4 Å². The fourth-order valence-electron chi connectivity index (χ4n) is 3.74. The maximum absolute atomic E-state index is 13.1. The topological polar surface area (TPSA) is 90.3 Å². The fourth-order valence-corrected chi connectivity index (χ4v) is 3.74. The van der Waals surface area contributed by atoms with E-state index in [-0.39, 0.29) is 23.7 Å². The Bertz CT molecular complexity index is 1030. The zero-order chi connectivity index (χ0) is 22.0. The molecule has 0 unspecified atom stereocenters. The van der Waals surface area contributed by atoms with Gasteiger partial charge in [-0.25, -0.2) is 4.79 Å². The van der Waals surface area contributed by atoms with Gasteiger partial charge in [0, 0.05) is 26.2 Å². The molecule has 0 atom stereocenters. The van der Waals surface area contributed by atoms with Gasteiger partial charge < -0.3 is 5.73 Å². The Morgan fingerprint density at radius 3 is 2.37 bits per heavy atom. The largest absolute Gasteiger partial charge is 0.384 e. The van der Waals surface area contributed by atoms with Crippen molar-refractivity contribution in [2.45, 2.75) is 65.1 Å². The Morgan fingerprint density at radius 2 is 1.83 bits per heavy atom. The molecule has 1 heterocycles. The molecule has 3 rings (SSSR count). The smallest absolute Gasteiger partial charge is 0.332 e. The highest BCUT2D eigenvalue weighted by molar-refractivity contribution is 6.01. The zero-order valence-electron chi connectivity index (χ0n) is 18.4. The van der Waals surface area contributed by atoms with Crippen molar-refractivity contribution in [1.82, 2.24) is 14.0 Å². The summed E-state index contributed by atoms with van der Waals surface area (Å²) in [6, 6.07) is 8.79. The predicted octanol–water partition coefficient (Wildman–Crippen LogP) is 2.51. The lowest BCUT2D eigenvalue weighted by atomic mass is 10.0. The SMILES string of the molecule is CCCn1c(N)c(C(=O)CN(Cc2ccc(C(C)C)cc2)C2CC2)c(=O)n(C)c1=O. The summed E-state index contributed by atoms with van der Waals surface area (Å²) in [7, 11) is 1.39. The first kappa shape index (κ1) is 22.0. The third-order valence-corrected chi connectivity index (χ3v) is 5.75. The Labute approximate surface area is 177 Å². The molecule has 2 aromatic rings. The first-order valence-corrected chi connectivity index (χ1v) is 10.7. The molecule has 0 aliphatic heterocycles. The molecule has 1 aliphatic carbocycles. The summed E-state index contributed by atoms with van der Waals surface area (Å²) in [5.74, 6) is 0.119. The van der Waals surface area contributed by atoms with Gasteiger partial charge in [0.2, 0.25) is 0 Å². The summed E-state index contributed by atoms with van der Waals surface area (Å²) in [5, 5.41) is 0. The Morgan fingerprint density at radius 1 is 1.20 bits per heavy atom. The molecular formula is C23H32N4O3. The second kappa shape index (κ2) is 9.00. The van der Waals surface area contributed by atoms with Crippen LogP contribution >= 0.6 is 0 Å². The molecule has 0 radical (unpaired) electrons. The van der Waals surface area contributed by atoms with E-state index in [9.17, 15) is 14.4 Å². The van der Waals surface area contributed by atoms with E-state index in [0.29, 0.717) is 31.5 Å². The van der Waals surface area contributed by atoms with Gasteiger partial charge in [0.15, 0.2) is 5.78 Å². The number of nitrogens with two attached hydrogens (primary N) is 1. The molecule has 1 aromatic carbocycles. The molecule has 1 aliphatic rings. The monoisotopic (exact) mass is 412 g/mol. The van der Waals surface area contributed by atoms with E-state index in [4.69, 9.17) is 5.73 Å². The van der Waals surface area contributed by atoms with E-state index in [1.165, 1.54) is 17.2 Å². The van der Waals surface area contributed by atoms with Crippen LogP contribution in [0.15, 0.2) is 33.9 Å². The van der Waals surface area contributed by atoms with Gasteiger partial charge in [0.05, 0.1) is 6.54 Å². The van der Waals surface area contributed by atoms with Gasteiger partial charge >= 0.3 is 5.69 Å². The second-order valence-electron chi connectivity index (χ2n) is 8.51. The minimum absolute atomic E-state index is 0.0213. The lowest BCUT2D eigenvalue weighted by Gasteiger charge is -2.22. The van der Waals surface area contributed by atoms with Gasteiger partial charge in [-0.2, -0.15) is 0 Å². The van der Waals surface area contributed by atoms with Crippen LogP contribution in [0, 0.1) is 0 Å². The van der Waals surface area contributed by atoms with Gasteiger partial charge in [0.1, 0.15) is 11.4 Å². The number of nitrogens with zero attached hydrogens (tertiary/aromatic N) is 3. The van der Waals surface area contributed by atoms with Crippen molar-refractivity contribution in [3.8, 4) is 0 Å². The van der Waals surface area contributed by atoms with Crippen LogP contribution < -0.4 is 17.0 Å². The summed E-state index contributed by atoms with van der Waals surface area (Å²) in [6.45, 7) is 7.36. The third-order valence-electron chi connectivity index (χ3n) is 5.75. The second-order valence-corrected chi connectivity index (χ2v) is 8.51. The van der Waals surface area contributed by atoms with E-state index < -0.39 is 11.2 Å². The zero-order valence-corrected chi connectivity index (χ0v) is 18.4. The molecular weight excluding hydrogens is 380 g/mol. The van der Waals surface area contributed by atoms with Crippen molar-refractivity contribution in [3.05, 3.63) is 61.8 Å². The van der Waals surface area contributed by atoms with Crippen molar-refractivity contribution in [1.29, 1.82) is 0 Å². The molecule has 0 bridgehead atoms. The number of aromatic nitrogens is 2. The van der Waals surface area contributed by atoms with Gasteiger partial charge in [-0.1, -0.05) is 45.0 Å². The molecule has 162 valence electrons. The van der Waals surface area contributed by atoms with Crippen molar-refractivity contribution >= 4 is 11.6 Å². The van der Waals surface area contributed by atoms with Crippen LogP contribution in [-0.2, 0) is 20.1 Å². The number of benzene rings is 1. The molecule has 7 nitrogen and oxygen atoms in total. The fraction of sp³-hybridized carbons (Fsp3) is 0.522. The molecule has 7 heteroatoms. The highest BCUT2D eigenvalue weighted by atomic mass is 16.2. The van der Waals surface area contributed by atoms with Crippen molar-refractivity contribution in [2.75, 3.05) is 12.3 Å². The number of nitrogen functional groups attached to an aromatic ring is 1. The Balaban J connectivity index is 1.86. The first-order valence-electron chi connectivity index (χ1n) is 10.7. The molecule has 0 spiro atoms. The van der Waals surface area contributed by atoms with Crippen molar-refractivity contribution in [3.63, 3.8) is 0 Å². The number of rotatable bonds is 9. The average molecular weight is 413 g/mol. The van der Waals surface area contributed by atoms with Crippen LogP contribution in [0.5, 0.6) is 0 Å². The van der Waals surface area contributed by atoms with E-state index in [0.717, 1.165) is 23.0 Å². The number of carbonyl (C=O) groups is 1. The third kappa shape index (κ3) is 4.56. The van der Waals surface area contributed by atoms with Gasteiger partial charge in [0.25, 0.3) is 5.56 Å². The molecule has 2 N–H and O–H groups in total. The summed E-state index contributed by atoms with van der Waals surface area (Å²) in [4.78, 5) is 40.3. The minimum Gasteiger partial charge on any atom is -0.384 e. The number of anilines is 1. The summed E-state index contributed by atoms with van der Waals surface area (Å²) >= 11 is 0. The molecule has 0 saturated heterocycles. The first-order chi connectivity index (χ1) is 14.2. The van der Waals surface area contributed by atoms with E-state index in [1.54, 1.807) is 0 Å². The predicted molar refractivity (Wildman–Crippen MR) is 119 cm³/mol. The minimum atomic E-state index is -0.619. The van der Waals surface area contributed by atoms with Gasteiger partial charge in [-0.15, -0.1) is 0 Å². The molecule has 1 fully saturated rings. The van der Waals surface area contributed by atoms with Crippen LogP contribution in [0.25, 0.3) is 0 Å². The number of ketones is 1. The quantitative estimate of drug-likeness (QED) is 0.639. The van der Waals surface area contributed by atoms with Crippen LogP contribution in [0.4, 0.5) is 5.82 Å². The maximum Gasteiger partial charge on any atom is 0.332 e. The average Bonchev–Trinajstić information content (AvgIpc) is 3.55. The molecule has 30 heavy (non-hydrogen) atoms. The van der Waals surface area contributed by atoms with E-state index in [2.05, 4.69) is 43.0 Å². The highest BCUT2D eigenvalue weighted by Crippen LogP contribution is 2.29.